The molecule has 14 heavy (non-hydrogen) atoms. The fourth-order valence-electron chi connectivity index (χ4n) is 1.70. The number of nitrogens with one attached hydrogen (secondary N) is 1. The third kappa shape index (κ3) is 2.48. The van der Waals surface area contributed by atoms with Gasteiger partial charge < -0.3 is 10.1 Å². The lowest BCUT2D eigenvalue weighted by atomic mass is 9.96. The smallest absolute Gasteiger partial charge is 0.118 e. The predicted molar refractivity (Wildman–Crippen MR) is 59.6 cm³/mol. The van der Waals surface area contributed by atoms with E-state index in [2.05, 4.69) is 31.3 Å². The quantitative estimate of drug-likeness (QED) is 0.793. The second-order valence-electron chi connectivity index (χ2n) is 3.78. The van der Waals surface area contributed by atoms with Gasteiger partial charge in [0.15, 0.2) is 0 Å². The van der Waals surface area contributed by atoms with Crippen molar-refractivity contribution < 1.29 is 4.74 Å². The molecule has 0 unspecified atom stereocenters. The van der Waals surface area contributed by atoms with Gasteiger partial charge in [-0.15, -0.1) is 0 Å². The maximum absolute atomic E-state index is 5.12. The largest absolute Gasteiger partial charge is 0.497 e. The van der Waals surface area contributed by atoms with Crippen LogP contribution in [0.3, 0.4) is 0 Å². The van der Waals surface area contributed by atoms with Crippen LogP contribution in [0.25, 0.3) is 0 Å². The standard InChI is InChI=1S/C12H19NO/c1-9(2)12(13-3)10-5-7-11(14-4)8-6-10/h5-9,12-13H,1-4H3/t12-/m0/s1. The van der Waals surface area contributed by atoms with Gasteiger partial charge in [-0.05, 0) is 30.7 Å². The average Bonchev–Trinajstić information content (AvgIpc) is 2.19. The van der Waals surface area contributed by atoms with Crippen LogP contribution in [0.15, 0.2) is 24.3 Å². The first kappa shape index (κ1) is 11.1. The van der Waals surface area contributed by atoms with Crippen molar-refractivity contribution in [2.45, 2.75) is 19.9 Å². The molecule has 78 valence electrons. The van der Waals surface area contributed by atoms with E-state index in [-0.39, 0.29) is 0 Å². The summed E-state index contributed by atoms with van der Waals surface area (Å²) in [5.74, 6) is 1.50. The molecular formula is C12H19NO. The van der Waals surface area contributed by atoms with Gasteiger partial charge in [-0.3, -0.25) is 0 Å². The Balaban J connectivity index is 2.84. The molecule has 0 saturated carbocycles. The number of hydrogen-bond acceptors (Lipinski definition) is 2. The van der Waals surface area contributed by atoms with E-state index >= 15 is 0 Å². The molecule has 0 amide bonds. The molecule has 0 aliphatic rings. The summed E-state index contributed by atoms with van der Waals surface area (Å²) in [6.45, 7) is 4.43. The van der Waals surface area contributed by atoms with Crippen molar-refractivity contribution in [3.8, 4) is 5.75 Å². The van der Waals surface area contributed by atoms with Crippen LogP contribution in [-0.4, -0.2) is 14.2 Å². The summed E-state index contributed by atoms with van der Waals surface area (Å²) < 4.78 is 5.12. The van der Waals surface area contributed by atoms with Gasteiger partial charge in [0.2, 0.25) is 0 Å². The van der Waals surface area contributed by atoms with E-state index in [1.54, 1.807) is 7.11 Å². The van der Waals surface area contributed by atoms with E-state index in [9.17, 15) is 0 Å². The summed E-state index contributed by atoms with van der Waals surface area (Å²) in [5, 5.41) is 3.31. The highest BCUT2D eigenvalue weighted by Gasteiger charge is 2.12. The molecule has 1 rings (SSSR count). The van der Waals surface area contributed by atoms with Gasteiger partial charge in [0.25, 0.3) is 0 Å². The van der Waals surface area contributed by atoms with E-state index in [0.717, 1.165) is 5.75 Å². The molecular weight excluding hydrogens is 174 g/mol. The van der Waals surface area contributed by atoms with Gasteiger partial charge in [0, 0.05) is 6.04 Å². The maximum Gasteiger partial charge on any atom is 0.118 e. The lowest BCUT2D eigenvalue weighted by Crippen LogP contribution is -2.21. The van der Waals surface area contributed by atoms with Gasteiger partial charge in [0.05, 0.1) is 7.11 Å². The Morgan fingerprint density at radius 2 is 1.71 bits per heavy atom. The highest BCUT2D eigenvalue weighted by Crippen LogP contribution is 2.23. The van der Waals surface area contributed by atoms with Gasteiger partial charge in [-0.1, -0.05) is 26.0 Å². The summed E-state index contributed by atoms with van der Waals surface area (Å²) in [5.41, 5.74) is 1.31. The minimum Gasteiger partial charge on any atom is -0.497 e. The first-order chi connectivity index (χ1) is 6.69. The molecule has 0 fully saturated rings. The van der Waals surface area contributed by atoms with Crippen LogP contribution in [0.4, 0.5) is 0 Å². The number of hydrogen-bond donors (Lipinski definition) is 1. The number of methoxy groups -OCH3 is 1. The molecule has 0 spiro atoms. The van der Waals surface area contributed by atoms with Crippen LogP contribution in [-0.2, 0) is 0 Å². The molecule has 0 aromatic heterocycles. The van der Waals surface area contributed by atoms with Crippen LogP contribution in [0.5, 0.6) is 5.75 Å². The summed E-state index contributed by atoms with van der Waals surface area (Å²) in [4.78, 5) is 0. The zero-order valence-corrected chi connectivity index (χ0v) is 9.37. The van der Waals surface area contributed by atoms with Crippen LogP contribution in [0.2, 0.25) is 0 Å². The lowest BCUT2D eigenvalue weighted by molar-refractivity contribution is 0.412. The number of rotatable bonds is 4. The minimum absolute atomic E-state index is 0.418. The second-order valence-corrected chi connectivity index (χ2v) is 3.78. The average molecular weight is 193 g/mol. The summed E-state index contributed by atoms with van der Waals surface area (Å²) >= 11 is 0. The van der Waals surface area contributed by atoms with Gasteiger partial charge in [-0.2, -0.15) is 0 Å². The van der Waals surface area contributed by atoms with Crippen molar-refractivity contribution >= 4 is 0 Å². The van der Waals surface area contributed by atoms with E-state index in [1.165, 1.54) is 5.56 Å². The van der Waals surface area contributed by atoms with Gasteiger partial charge >= 0.3 is 0 Å². The van der Waals surface area contributed by atoms with Crippen molar-refractivity contribution in [1.82, 2.24) is 5.32 Å². The highest BCUT2D eigenvalue weighted by molar-refractivity contribution is 5.29. The normalized spacial score (nSPS) is 12.9. The van der Waals surface area contributed by atoms with Crippen LogP contribution >= 0.6 is 0 Å². The van der Waals surface area contributed by atoms with Crippen molar-refractivity contribution in [3.05, 3.63) is 29.8 Å². The molecule has 1 aromatic carbocycles. The SMILES string of the molecule is CN[C@H](c1ccc(OC)cc1)C(C)C. The Morgan fingerprint density at radius 3 is 2.07 bits per heavy atom. The second kappa shape index (κ2) is 5.01. The lowest BCUT2D eigenvalue weighted by Gasteiger charge is -2.20. The van der Waals surface area contributed by atoms with Crippen LogP contribution < -0.4 is 10.1 Å². The highest BCUT2D eigenvalue weighted by atomic mass is 16.5. The summed E-state index contributed by atoms with van der Waals surface area (Å²) in [7, 11) is 3.68. The molecule has 1 aromatic rings. The monoisotopic (exact) mass is 193 g/mol. The van der Waals surface area contributed by atoms with E-state index in [1.807, 2.05) is 19.2 Å². The molecule has 1 N–H and O–H groups in total. The Hall–Kier alpha value is -1.02. The molecule has 0 heterocycles. The van der Waals surface area contributed by atoms with E-state index < -0.39 is 0 Å². The fraction of sp³-hybridized carbons (Fsp3) is 0.500. The van der Waals surface area contributed by atoms with Crippen LogP contribution in [0, 0.1) is 5.92 Å². The molecule has 2 heteroatoms. The van der Waals surface area contributed by atoms with Crippen molar-refractivity contribution in [1.29, 1.82) is 0 Å². The first-order valence-corrected chi connectivity index (χ1v) is 5.00. The molecule has 1 atom stereocenters. The van der Waals surface area contributed by atoms with E-state index in [4.69, 9.17) is 4.74 Å². The van der Waals surface area contributed by atoms with E-state index in [0.29, 0.717) is 12.0 Å². The molecule has 0 radical (unpaired) electrons. The Kier molecular flexibility index (Phi) is 3.96. The predicted octanol–water partition coefficient (Wildman–Crippen LogP) is 2.61. The molecule has 0 aliphatic heterocycles. The minimum atomic E-state index is 0.418. The third-order valence-corrected chi connectivity index (χ3v) is 2.45. The van der Waals surface area contributed by atoms with Gasteiger partial charge in [-0.25, -0.2) is 0 Å². The zero-order chi connectivity index (χ0) is 10.6. The molecule has 0 bridgehead atoms. The Morgan fingerprint density at radius 1 is 1.14 bits per heavy atom. The Labute approximate surface area is 86.3 Å². The Bertz CT molecular complexity index is 266. The first-order valence-electron chi connectivity index (χ1n) is 5.00. The van der Waals surface area contributed by atoms with Crippen molar-refractivity contribution in [3.63, 3.8) is 0 Å². The summed E-state index contributed by atoms with van der Waals surface area (Å²) in [6.07, 6.45) is 0. The van der Waals surface area contributed by atoms with Crippen molar-refractivity contribution in [2.75, 3.05) is 14.2 Å². The van der Waals surface area contributed by atoms with Crippen molar-refractivity contribution in [2.24, 2.45) is 5.92 Å². The number of ether oxygens (including phenoxy) is 1. The molecule has 2 nitrogen and oxygen atoms in total. The van der Waals surface area contributed by atoms with Crippen LogP contribution in [0.1, 0.15) is 25.5 Å². The molecule has 0 aliphatic carbocycles. The topological polar surface area (TPSA) is 21.3 Å². The summed E-state index contributed by atoms with van der Waals surface area (Å²) in [6, 6.07) is 8.64. The third-order valence-electron chi connectivity index (χ3n) is 2.45. The van der Waals surface area contributed by atoms with Gasteiger partial charge in [0.1, 0.15) is 5.75 Å². The molecule has 0 saturated heterocycles. The zero-order valence-electron chi connectivity index (χ0n) is 9.37. The fourth-order valence-corrected chi connectivity index (χ4v) is 1.70. The number of benzene rings is 1. The maximum atomic E-state index is 5.12.